The predicted octanol–water partition coefficient (Wildman–Crippen LogP) is 4.16. The Morgan fingerprint density at radius 3 is 2.28 bits per heavy atom. The molecule has 0 radical (unpaired) electrons. The Hall–Kier alpha value is -4.13. The van der Waals surface area contributed by atoms with Crippen molar-refractivity contribution < 1.29 is 19.1 Å². The minimum Gasteiger partial charge on any atom is -0.494 e. The van der Waals surface area contributed by atoms with E-state index in [1.807, 2.05) is 61.7 Å². The van der Waals surface area contributed by atoms with Crippen molar-refractivity contribution in [1.82, 2.24) is 9.88 Å². The number of anilines is 1. The molecule has 7 nitrogen and oxygen atoms in total. The number of aromatic nitrogens is 1. The van der Waals surface area contributed by atoms with Crippen LogP contribution < -0.4 is 15.0 Å². The van der Waals surface area contributed by atoms with Crippen molar-refractivity contribution in [2.45, 2.75) is 20.8 Å². The topological polar surface area (TPSA) is 80.6 Å². The minimum absolute atomic E-state index is 0.105. The highest BCUT2D eigenvalue weighted by Crippen LogP contribution is 2.27. The molecule has 1 aliphatic rings. The number of imide groups is 2. The molecule has 0 unspecified atom stereocenters. The average Bonchev–Trinajstić information content (AvgIpc) is 3.06. The lowest BCUT2D eigenvalue weighted by Crippen LogP contribution is -2.54. The molecule has 0 aliphatic carbocycles. The molecule has 32 heavy (non-hydrogen) atoms. The molecule has 1 fully saturated rings. The van der Waals surface area contributed by atoms with E-state index in [1.165, 1.54) is 6.08 Å². The van der Waals surface area contributed by atoms with Crippen molar-refractivity contribution in [2.75, 3.05) is 11.5 Å². The van der Waals surface area contributed by atoms with Crippen molar-refractivity contribution >= 4 is 29.6 Å². The quantitative estimate of drug-likeness (QED) is 0.488. The van der Waals surface area contributed by atoms with Crippen LogP contribution in [0.2, 0.25) is 0 Å². The summed E-state index contributed by atoms with van der Waals surface area (Å²) in [5.74, 6) is -0.763. The summed E-state index contributed by atoms with van der Waals surface area (Å²) in [6.07, 6.45) is 1.54. The highest BCUT2D eigenvalue weighted by atomic mass is 16.5. The van der Waals surface area contributed by atoms with E-state index in [2.05, 4.69) is 5.32 Å². The Bertz CT molecular complexity index is 1220. The predicted molar refractivity (Wildman–Crippen MR) is 122 cm³/mol. The number of nitrogens with one attached hydrogen (secondary N) is 1. The monoisotopic (exact) mass is 429 g/mol. The third-order valence-corrected chi connectivity index (χ3v) is 5.29. The van der Waals surface area contributed by atoms with E-state index in [-0.39, 0.29) is 5.57 Å². The first kappa shape index (κ1) is 21.1. The van der Waals surface area contributed by atoms with E-state index in [0.717, 1.165) is 27.5 Å². The van der Waals surface area contributed by atoms with Gasteiger partial charge in [0.1, 0.15) is 11.3 Å². The molecule has 1 aliphatic heterocycles. The van der Waals surface area contributed by atoms with Gasteiger partial charge in [0.05, 0.1) is 12.3 Å². The van der Waals surface area contributed by atoms with Crippen molar-refractivity contribution in [3.63, 3.8) is 0 Å². The summed E-state index contributed by atoms with van der Waals surface area (Å²) in [5.41, 5.74) is 3.80. The summed E-state index contributed by atoms with van der Waals surface area (Å²) >= 11 is 0. The number of urea groups is 1. The summed E-state index contributed by atoms with van der Waals surface area (Å²) < 4.78 is 7.46. The maximum absolute atomic E-state index is 13.2. The summed E-state index contributed by atoms with van der Waals surface area (Å²) in [7, 11) is 0. The van der Waals surface area contributed by atoms with E-state index in [9.17, 15) is 14.4 Å². The molecule has 4 amide bonds. The average molecular weight is 429 g/mol. The molecule has 2 heterocycles. The van der Waals surface area contributed by atoms with Gasteiger partial charge < -0.3 is 9.30 Å². The normalized spacial score (nSPS) is 15.3. The van der Waals surface area contributed by atoms with Crippen LogP contribution in [0.15, 0.2) is 66.2 Å². The number of rotatable bonds is 5. The van der Waals surface area contributed by atoms with Gasteiger partial charge in [0.25, 0.3) is 11.8 Å². The zero-order valence-electron chi connectivity index (χ0n) is 18.1. The second kappa shape index (κ2) is 8.55. The third-order valence-electron chi connectivity index (χ3n) is 5.29. The number of hydrogen-bond donors (Lipinski definition) is 1. The molecule has 2 aromatic carbocycles. The van der Waals surface area contributed by atoms with Crippen LogP contribution in [0.4, 0.5) is 10.5 Å². The van der Waals surface area contributed by atoms with Crippen LogP contribution in [0.25, 0.3) is 11.8 Å². The van der Waals surface area contributed by atoms with E-state index >= 15 is 0 Å². The number of hydrogen-bond acceptors (Lipinski definition) is 4. The number of nitrogens with zero attached hydrogens (tertiary/aromatic N) is 2. The molecule has 1 saturated heterocycles. The van der Waals surface area contributed by atoms with Crippen LogP contribution in [0.5, 0.6) is 5.75 Å². The number of barbiturate groups is 1. The van der Waals surface area contributed by atoms with Gasteiger partial charge >= 0.3 is 6.03 Å². The van der Waals surface area contributed by atoms with Gasteiger partial charge in [0.2, 0.25) is 0 Å². The number of para-hydroxylation sites is 1. The molecule has 0 atom stereocenters. The van der Waals surface area contributed by atoms with Gasteiger partial charge in [0.15, 0.2) is 0 Å². The zero-order valence-corrected chi connectivity index (χ0v) is 18.1. The molecule has 0 saturated carbocycles. The molecule has 7 heteroatoms. The molecule has 4 rings (SSSR count). The van der Waals surface area contributed by atoms with Gasteiger partial charge in [0, 0.05) is 17.1 Å². The highest BCUT2D eigenvalue weighted by molar-refractivity contribution is 6.39. The van der Waals surface area contributed by atoms with E-state index < -0.39 is 17.8 Å². The SMILES string of the molecule is CCOc1ccc(N2C(=O)NC(=O)/C(=C/c3cc(C)n(-c4ccccc4)c3C)C2=O)cc1. The number of aryl methyl sites for hydroxylation is 1. The second-order valence-corrected chi connectivity index (χ2v) is 7.38. The van der Waals surface area contributed by atoms with Crippen LogP contribution in [-0.4, -0.2) is 29.0 Å². The van der Waals surface area contributed by atoms with Gasteiger partial charge in [-0.1, -0.05) is 18.2 Å². The van der Waals surface area contributed by atoms with Gasteiger partial charge in [-0.05, 0) is 74.9 Å². The van der Waals surface area contributed by atoms with Crippen molar-refractivity contribution in [2.24, 2.45) is 0 Å². The van der Waals surface area contributed by atoms with Crippen molar-refractivity contribution in [3.8, 4) is 11.4 Å². The third kappa shape index (κ3) is 3.80. The lowest BCUT2D eigenvalue weighted by atomic mass is 10.1. The standard InChI is InChI=1S/C25H23N3O4/c1-4-32-21-12-10-20(11-13-21)28-24(30)22(23(29)26-25(28)31)15-18-14-16(2)27(17(18)3)19-8-6-5-7-9-19/h5-15H,4H2,1-3H3,(H,26,29,31)/b22-15-. The first-order valence-electron chi connectivity index (χ1n) is 10.3. The largest absolute Gasteiger partial charge is 0.494 e. The molecule has 1 N–H and O–H groups in total. The van der Waals surface area contributed by atoms with Gasteiger partial charge in [-0.15, -0.1) is 0 Å². The summed E-state index contributed by atoms with van der Waals surface area (Å²) in [6, 6.07) is 17.5. The lowest BCUT2D eigenvalue weighted by Gasteiger charge is -2.26. The van der Waals surface area contributed by atoms with Crippen LogP contribution >= 0.6 is 0 Å². The maximum Gasteiger partial charge on any atom is 0.335 e. The van der Waals surface area contributed by atoms with Crippen LogP contribution in [0, 0.1) is 13.8 Å². The van der Waals surface area contributed by atoms with Gasteiger partial charge in [-0.2, -0.15) is 0 Å². The molecule has 0 bridgehead atoms. The highest BCUT2D eigenvalue weighted by Gasteiger charge is 2.37. The van der Waals surface area contributed by atoms with Crippen LogP contribution in [0.3, 0.4) is 0 Å². The van der Waals surface area contributed by atoms with Crippen LogP contribution in [-0.2, 0) is 9.59 Å². The fraction of sp³-hybridized carbons (Fsp3) is 0.160. The second-order valence-electron chi connectivity index (χ2n) is 7.38. The van der Waals surface area contributed by atoms with E-state index in [1.54, 1.807) is 24.3 Å². The zero-order chi connectivity index (χ0) is 22.8. The first-order valence-corrected chi connectivity index (χ1v) is 10.3. The number of benzene rings is 2. The Morgan fingerprint density at radius 1 is 0.938 bits per heavy atom. The van der Waals surface area contributed by atoms with Crippen molar-refractivity contribution in [3.05, 3.63) is 83.2 Å². The van der Waals surface area contributed by atoms with Crippen LogP contribution in [0.1, 0.15) is 23.9 Å². The Labute approximate surface area is 185 Å². The summed E-state index contributed by atoms with van der Waals surface area (Å²) in [6.45, 7) is 6.26. The molecule has 1 aromatic heterocycles. The number of carbonyl (C=O) groups is 3. The summed E-state index contributed by atoms with van der Waals surface area (Å²) in [5, 5.41) is 2.26. The molecule has 162 valence electrons. The van der Waals surface area contributed by atoms with Crippen molar-refractivity contribution in [1.29, 1.82) is 0 Å². The van der Waals surface area contributed by atoms with Gasteiger partial charge in [-0.25, -0.2) is 9.69 Å². The molecular weight excluding hydrogens is 406 g/mol. The van der Waals surface area contributed by atoms with Gasteiger partial charge in [-0.3, -0.25) is 14.9 Å². The number of amides is 4. The van der Waals surface area contributed by atoms with E-state index in [4.69, 9.17) is 4.74 Å². The first-order chi connectivity index (χ1) is 15.4. The molecule has 3 aromatic rings. The fourth-order valence-corrected chi connectivity index (χ4v) is 3.81. The smallest absolute Gasteiger partial charge is 0.335 e. The molecular formula is C25H23N3O4. The lowest BCUT2D eigenvalue weighted by molar-refractivity contribution is -0.122. The maximum atomic E-state index is 13.2. The van der Waals surface area contributed by atoms with E-state index in [0.29, 0.717) is 18.0 Å². The summed E-state index contributed by atoms with van der Waals surface area (Å²) in [4.78, 5) is 39.1. The Kier molecular flexibility index (Phi) is 5.64. The Morgan fingerprint density at radius 2 is 1.62 bits per heavy atom. The number of carbonyl (C=O) groups excluding carboxylic acids is 3. The fourth-order valence-electron chi connectivity index (χ4n) is 3.81. The molecule has 0 spiro atoms. The number of ether oxygens (including phenoxy) is 1. The Balaban J connectivity index is 1.71. The minimum atomic E-state index is -0.781.